The highest BCUT2D eigenvalue weighted by molar-refractivity contribution is 5.71. The molecule has 68 valence electrons. The van der Waals surface area contributed by atoms with E-state index in [1.807, 2.05) is 0 Å². The molecule has 3 atom stereocenters. The lowest BCUT2D eigenvalue weighted by Gasteiger charge is -2.26. The largest absolute Gasteiger partial charge is 0.481 e. The lowest BCUT2D eigenvalue weighted by atomic mass is 9.89. The zero-order valence-electron chi connectivity index (χ0n) is 6.82. The number of nitrogens with one attached hydrogen (secondary N) is 1. The molecule has 3 unspecified atom stereocenters. The summed E-state index contributed by atoms with van der Waals surface area (Å²) in [6.45, 7) is 1.98. The second kappa shape index (κ2) is 3.03. The van der Waals surface area contributed by atoms with Crippen LogP contribution in [0.4, 0.5) is 0 Å². The number of carboxylic acid groups (broad SMARTS) is 1. The Morgan fingerprint density at radius 2 is 2.42 bits per heavy atom. The predicted molar refractivity (Wildman–Crippen MR) is 41.8 cm³/mol. The van der Waals surface area contributed by atoms with Crippen molar-refractivity contribution in [1.29, 1.82) is 0 Å². The van der Waals surface area contributed by atoms with E-state index < -0.39 is 5.97 Å². The van der Waals surface area contributed by atoms with Crippen LogP contribution in [0.2, 0.25) is 0 Å². The fourth-order valence-corrected chi connectivity index (χ4v) is 2.11. The van der Waals surface area contributed by atoms with Gasteiger partial charge in [-0.2, -0.15) is 0 Å². The summed E-state index contributed by atoms with van der Waals surface area (Å²) in [5.41, 5.74) is 0. The molecule has 12 heavy (non-hydrogen) atoms. The van der Waals surface area contributed by atoms with Gasteiger partial charge >= 0.3 is 5.97 Å². The van der Waals surface area contributed by atoms with Crippen LogP contribution in [0.5, 0.6) is 0 Å². The lowest BCUT2D eigenvalue weighted by molar-refractivity contribution is -0.143. The Morgan fingerprint density at radius 1 is 1.58 bits per heavy atom. The molecule has 4 nitrogen and oxygen atoms in total. The molecular formula is C8H13NO3. The summed E-state index contributed by atoms with van der Waals surface area (Å²) in [5.74, 6) is -0.743. The molecule has 2 aliphatic rings. The molecule has 2 aliphatic heterocycles. The smallest absolute Gasteiger partial charge is 0.308 e. The summed E-state index contributed by atoms with van der Waals surface area (Å²) in [6, 6.07) is 0.375. The minimum Gasteiger partial charge on any atom is -0.481 e. The number of fused-ring (bicyclic) bond motifs is 1. The Hall–Kier alpha value is -0.610. The number of carbonyl (C=O) groups is 1. The SMILES string of the molecule is O=C(O)C1CNC2CCOCC21. The molecule has 0 radical (unpaired) electrons. The summed E-state index contributed by atoms with van der Waals surface area (Å²) in [5, 5.41) is 12.1. The van der Waals surface area contributed by atoms with Crippen molar-refractivity contribution in [2.45, 2.75) is 12.5 Å². The molecule has 2 rings (SSSR count). The van der Waals surface area contributed by atoms with Crippen LogP contribution < -0.4 is 5.32 Å². The Balaban J connectivity index is 2.05. The number of aliphatic carboxylic acids is 1. The zero-order chi connectivity index (χ0) is 8.55. The van der Waals surface area contributed by atoms with E-state index in [0.29, 0.717) is 19.2 Å². The first-order valence-corrected chi connectivity index (χ1v) is 4.33. The van der Waals surface area contributed by atoms with Crippen LogP contribution in [0.3, 0.4) is 0 Å². The summed E-state index contributed by atoms with van der Waals surface area (Å²) in [6.07, 6.45) is 0.953. The van der Waals surface area contributed by atoms with Crippen molar-refractivity contribution in [3.8, 4) is 0 Å². The lowest BCUT2D eigenvalue weighted by Crippen LogP contribution is -2.37. The van der Waals surface area contributed by atoms with E-state index in [-0.39, 0.29) is 11.8 Å². The highest BCUT2D eigenvalue weighted by Crippen LogP contribution is 2.28. The summed E-state index contributed by atoms with van der Waals surface area (Å²) < 4.78 is 5.26. The topological polar surface area (TPSA) is 58.6 Å². The molecule has 0 aliphatic carbocycles. The monoisotopic (exact) mass is 171 g/mol. The summed E-state index contributed by atoms with van der Waals surface area (Å²) >= 11 is 0. The third-order valence-electron chi connectivity index (χ3n) is 2.83. The fourth-order valence-electron chi connectivity index (χ4n) is 2.11. The van der Waals surface area contributed by atoms with Crippen LogP contribution in [-0.4, -0.2) is 36.9 Å². The third-order valence-corrected chi connectivity index (χ3v) is 2.83. The van der Waals surface area contributed by atoms with Gasteiger partial charge in [-0.05, 0) is 6.42 Å². The highest BCUT2D eigenvalue weighted by atomic mass is 16.5. The van der Waals surface area contributed by atoms with Crippen molar-refractivity contribution in [3.05, 3.63) is 0 Å². The number of carboxylic acids is 1. The van der Waals surface area contributed by atoms with Gasteiger partial charge in [0.2, 0.25) is 0 Å². The van der Waals surface area contributed by atoms with Gasteiger partial charge in [0.05, 0.1) is 12.5 Å². The summed E-state index contributed by atoms with van der Waals surface area (Å²) in [4.78, 5) is 10.8. The Bertz CT molecular complexity index is 195. The van der Waals surface area contributed by atoms with E-state index in [1.54, 1.807) is 0 Å². The minimum absolute atomic E-state index is 0.191. The number of hydrogen-bond donors (Lipinski definition) is 2. The normalized spacial score (nSPS) is 40.8. The zero-order valence-corrected chi connectivity index (χ0v) is 6.82. The van der Waals surface area contributed by atoms with Crippen LogP contribution in [-0.2, 0) is 9.53 Å². The molecule has 4 heteroatoms. The quantitative estimate of drug-likeness (QED) is 0.568. The van der Waals surface area contributed by atoms with E-state index in [0.717, 1.165) is 13.0 Å². The first-order chi connectivity index (χ1) is 5.79. The molecule has 2 saturated heterocycles. The number of ether oxygens (including phenoxy) is 1. The Labute approximate surface area is 70.9 Å². The van der Waals surface area contributed by atoms with E-state index in [2.05, 4.69) is 5.32 Å². The number of rotatable bonds is 1. The van der Waals surface area contributed by atoms with Crippen LogP contribution in [0.15, 0.2) is 0 Å². The van der Waals surface area contributed by atoms with Crippen molar-refractivity contribution < 1.29 is 14.6 Å². The second-order valence-electron chi connectivity index (χ2n) is 3.49. The van der Waals surface area contributed by atoms with Crippen LogP contribution in [0.1, 0.15) is 6.42 Å². The van der Waals surface area contributed by atoms with Crippen molar-refractivity contribution >= 4 is 5.97 Å². The van der Waals surface area contributed by atoms with Gasteiger partial charge in [0, 0.05) is 25.1 Å². The number of hydrogen-bond acceptors (Lipinski definition) is 3. The average molecular weight is 171 g/mol. The predicted octanol–water partition coefficient (Wildman–Crippen LogP) is -0.305. The van der Waals surface area contributed by atoms with E-state index in [9.17, 15) is 4.79 Å². The van der Waals surface area contributed by atoms with Gasteiger partial charge in [-0.25, -0.2) is 0 Å². The molecule has 0 bridgehead atoms. The molecule has 0 aromatic rings. The van der Waals surface area contributed by atoms with E-state index in [1.165, 1.54) is 0 Å². The van der Waals surface area contributed by atoms with Gasteiger partial charge in [0.25, 0.3) is 0 Å². The van der Waals surface area contributed by atoms with Crippen molar-refractivity contribution in [3.63, 3.8) is 0 Å². The van der Waals surface area contributed by atoms with Crippen molar-refractivity contribution in [2.24, 2.45) is 11.8 Å². The standard InChI is InChI=1S/C8H13NO3/c10-8(11)5-3-9-7-1-2-12-4-6(5)7/h5-7,9H,1-4H2,(H,10,11). The molecule has 0 saturated carbocycles. The Morgan fingerprint density at radius 3 is 3.17 bits per heavy atom. The Kier molecular flexibility index (Phi) is 2.02. The third kappa shape index (κ3) is 1.21. The maximum atomic E-state index is 10.8. The maximum Gasteiger partial charge on any atom is 0.308 e. The molecule has 0 amide bonds. The molecular weight excluding hydrogens is 158 g/mol. The molecule has 2 heterocycles. The van der Waals surface area contributed by atoms with Gasteiger partial charge in [-0.3, -0.25) is 4.79 Å². The molecule has 0 spiro atoms. The molecule has 2 fully saturated rings. The first-order valence-electron chi connectivity index (χ1n) is 4.33. The molecule has 2 N–H and O–H groups in total. The van der Waals surface area contributed by atoms with Crippen LogP contribution >= 0.6 is 0 Å². The van der Waals surface area contributed by atoms with Gasteiger partial charge in [-0.1, -0.05) is 0 Å². The average Bonchev–Trinajstić information content (AvgIpc) is 2.47. The van der Waals surface area contributed by atoms with Gasteiger partial charge < -0.3 is 15.2 Å². The second-order valence-corrected chi connectivity index (χ2v) is 3.49. The highest BCUT2D eigenvalue weighted by Gasteiger charge is 2.41. The van der Waals surface area contributed by atoms with Gasteiger partial charge in [-0.15, -0.1) is 0 Å². The van der Waals surface area contributed by atoms with E-state index in [4.69, 9.17) is 9.84 Å². The summed E-state index contributed by atoms with van der Waals surface area (Å²) in [7, 11) is 0. The molecule has 0 aromatic heterocycles. The first kappa shape index (κ1) is 8.01. The maximum absolute atomic E-state index is 10.8. The van der Waals surface area contributed by atoms with Crippen LogP contribution in [0, 0.1) is 11.8 Å². The fraction of sp³-hybridized carbons (Fsp3) is 0.875. The van der Waals surface area contributed by atoms with Gasteiger partial charge in [0.15, 0.2) is 0 Å². The van der Waals surface area contributed by atoms with Crippen LogP contribution in [0.25, 0.3) is 0 Å². The molecule has 0 aromatic carbocycles. The van der Waals surface area contributed by atoms with Crippen molar-refractivity contribution in [2.75, 3.05) is 19.8 Å². The van der Waals surface area contributed by atoms with Crippen molar-refractivity contribution in [1.82, 2.24) is 5.32 Å². The van der Waals surface area contributed by atoms with E-state index >= 15 is 0 Å². The minimum atomic E-state index is -0.694. The van der Waals surface area contributed by atoms with Gasteiger partial charge in [0.1, 0.15) is 0 Å².